The van der Waals surface area contributed by atoms with Gasteiger partial charge in [-0.2, -0.15) is 0 Å². The largest absolute Gasteiger partial charge is 0.245 e. The monoisotopic (exact) mass is 998 g/mol. The maximum Gasteiger partial charge on any atom is 0.160 e. The molecule has 0 spiro atoms. The van der Waals surface area contributed by atoms with E-state index in [4.69, 9.17) is 29.9 Å². The summed E-state index contributed by atoms with van der Waals surface area (Å²) < 4.78 is 2.37. The molecule has 77 heavy (non-hydrogen) atoms. The van der Waals surface area contributed by atoms with Crippen LogP contribution in [0.1, 0.15) is 0 Å². The summed E-state index contributed by atoms with van der Waals surface area (Å²) in [7, 11) is 0. The third-order valence-electron chi connectivity index (χ3n) is 14.7. The highest BCUT2D eigenvalue weighted by Crippen LogP contribution is 2.44. The van der Waals surface area contributed by atoms with Crippen molar-refractivity contribution < 1.29 is 0 Å². The number of rotatable bonds is 8. The Kier molecular flexibility index (Phi) is 10.6. The molecule has 0 aliphatic heterocycles. The van der Waals surface area contributed by atoms with Gasteiger partial charge in [0.05, 0.1) is 33.8 Å². The quantitative estimate of drug-likeness (QED) is 0.141. The lowest BCUT2D eigenvalue weighted by Crippen LogP contribution is -1.98. The molecule has 0 aliphatic carbocycles. The van der Waals surface area contributed by atoms with Gasteiger partial charge in [-0.05, 0) is 70.8 Å². The van der Waals surface area contributed by atoms with E-state index in [1.54, 1.807) is 11.3 Å². The SMILES string of the molecule is c1ccc(-c2cc(-c3ccccc3)c3ccc4c(-c5ccc6sc7ccc(-c8nc(-c9ccccc9)nc9c8ccc8c(-c%10ccccc%10)cc(-c%10ccccc%10)nc89)cc7c6c5)nc(-c5ccccc5)nc4c3n2)cc1. The number of thiophene rings is 1. The van der Waals surface area contributed by atoms with Gasteiger partial charge in [-0.25, -0.2) is 29.9 Å². The lowest BCUT2D eigenvalue weighted by atomic mass is 9.95. The van der Waals surface area contributed by atoms with Crippen molar-refractivity contribution in [1.82, 2.24) is 29.9 Å². The minimum absolute atomic E-state index is 0.644. The summed E-state index contributed by atoms with van der Waals surface area (Å²) in [5.74, 6) is 1.29. The molecule has 5 heterocycles. The topological polar surface area (TPSA) is 77.3 Å². The Hall–Kier alpha value is -10.1. The van der Waals surface area contributed by atoms with Gasteiger partial charge in [0, 0.05) is 75.1 Å². The number of aromatic nitrogens is 6. The van der Waals surface area contributed by atoms with Crippen LogP contribution in [0.25, 0.3) is 154 Å². The van der Waals surface area contributed by atoms with Crippen LogP contribution >= 0.6 is 11.3 Å². The molecule has 0 fully saturated rings. The summed E-state index contributed by atoms with van der Waals surface area (Å²) in [5, 5.41) is 6.21. The third kappa shape index (κ3) is 7.79. The lowest BCUT2D eigenvalue weighted by molar-refractivity contribution is 1.23. The summed E-state index contributed by atoms with van der Waals surface area (Å²) in [5.41, 5.74) is 17.1. The zero-order valence-electron chi connectivity index (χ0n) is 41.3. The Morgan fingerprint density at radius 2 is 0.545 bits per heavy atom. The second-order valence-corrected chi connectivity index (χ2v) is 20.4. The van der Waals surface area contributed by atoms with Crippen molar-refractivity contribution in [3.8, 4) is 90.1 Å². The number of pyridine rings is 2. The van der Waals surface area contributed by atoms with Gasteiger partial charge in [0.25, 0.3) is 0 Å². The first-order valence-electron chi connectivity index (χ1n) is 25.8. The summed E-state index contributed by atoms with van der Waals surface area (Å²) in [6.07, 6.45) is 0. The first-order valence-corrected chi connectivity index (χ1v) is 26.6. The van der Waals surface area contributed by atoms with Gasteiger partial charge in [-0.15, -0.1) is 11.3 Å². The molecule has 0 bridgehead atoms. The van der Waals surface area contributed by atoms with Crippen molar-refractivity contribution in [1.29, 1.82) is 0 Å². The Morgan fingerprint density at radius 1 is 0.221 bits per heavy atom. The van der Waals surface area contributed by atoms with Gasteiger partial charge in [-0.3, -0.25) is 0 Å². The number of hydrogen-bond donors (Lipinski definition) is 0. The van der Waals surface area contributed by atoms with Gasteiger partial charge in [0.1, 0.15) is 11.0 Å². The Bertz CT molecular complexity index is 4460. The van der Waals surface area contributed by atoms with Crippen LogP contribution in [0.3, 0.4) is 0 Å². The predicted octanol–water partition coefficient (Wildman–Crippen LogP) is 18.4. The molecule has 15 aromatic rings. The highest BCUT2D eigenvalue weighted by Gasteiger charge is 2.22. The average molecular weight is 999 g/mol. The predicted molar refractivity (Wildman–Crippen MR) is 320 cm³/mol. The van der Waals surface area contributed by atoms with Crippen LogP contribution in [-0.2, 0) is 0 Å². The van der Waals surface area contributed by atoms with E-state index in [1.807, 2.05) is 48.5 Å². The smallest absolute Gasteiger partial charge is 0.160 e. The molecular weight excluding hydrogens is 957 g/mol. The Morgan fingerprint density at radius 3 is 0.922 bits per heavy atom. The van der Waals surface area contributed by atoms with E-state index in [2.05, 4.69) is 206 Å². The third-order valence-corrected chi connectivity index (χ3v) is 15.8. The first kappa shape index (κ1) is 44.4. The summed E-state index contributed by atoms with van der Waals surface area (Å²) in [6, 6.07) is 89.1. The highest BCUT2D eigenvalue weighted by molar-refractivity contribution is 7.25. The van der Waals surface area contributed by atoms with E-state index < -0.39 is 0 Å². The fourth-order valence-electron chi connectivity index (χ4n) is 10.9. The molecule has 0 saturated carbocycles. The van der Waals surface area contributed by atoms with E-state index in [9.17, 15) is 0 Å². The van der Waals surface area contributed by atoms with Gasteiger partial charge in [-0.1, -0.05) is 206 Å². The second kappa shape index (κ2) is 18.4. The molecule has 15 rings (SSSR count). The van der Waals surface area contributed by atoms with Gasteiger partial charge >= 0.3 is 0 Å². The summed E-state index contributed by atoms with van der Waals surface area (Å²) in [6.45, 7) is 0. The molecule has 6 nitrogen and oxygen atoms in total. The molecule has 7 heteroatoms. The van der Waals surface area contributed by atoms with E-state index in [1.165, 1.54) is 9.40 Å². The van der Waals surface area contributed by atoms with E-state index in [-0.39, 0.29) is 0 Å². The molecule has 0 aliphatic rings. The maximum atomic E-state index is 5.45. The van der Waals surface area contributed by atoms with Crippen LogP contribution in [0.4, 0.5) is 0 Å². The average Bonchev–Trinajstić information content (AvgIpc) is 3.95. The van der Waals surface area contributed by atoms with E-state index in [0.29, 0.717) is 11.6 Å². The molecule has 0 atom stereocenters. The fraction of sp³-hybridized carbons (Fsp3) is 0. The van der Waals surface area contributed by atoms with Crippen molar-refractivity contribution in [2.75, 3.05) is 0 Å². The molecular formula is C70H42N6S. The molecule has 0 N–H and O–H groups in total. The van der Waals surface area contributed by atoms with Crippen LogP contribution in [0, 0.1) is 0 Å². The van der Waals surface area contributed by atoms with Crippen LogP contribution in [0.2, 0.25) is 0 Å². The Balaban J connectivity index is 0.949. The van der Waals surface area contributed by atoms with Gasteiger partial charge in [0.15, 0.2) is 11.6 Å². The molecule has 0 saturated heterocycles. The Labute approximate surface area is 447 Å². The summed E-state index contributed by atoms with van der Waals surface area (Å²) >= 11 is 1.79. The fourth-order valence-corrected chi connectivity index (χ4v) is 12.0. The van der Waals surface area contributed by atoms with Gasteiger partial charge < -0.3 is 0 Å². The van der Waals surface area contributed by atoms with E-state index >= 15 is 0 Å². The summed E-state index contributed by atoms with van der Waals surface area (Å²) in [4.78, 5) is 32.6. The van der Waals surface area contributed by atoms with E-state index in [0.717, 1.165) is 133 Å². The molecule has 358 valence electrons. The molecule has 10 aromatic carbocycles. The zero-order chi connectivity index (χ0) is 50.8. The molecule has 0 radical (unpaired) electrons. The minimum Gasteiger partial charge on any atom is -0.245 e. The van der Waals surface area contributed by atoms with Crippen molar-refractivity contribution in [3.05, 3.63) is 255 Å². The van der Waals surface area contributed by atoms with Gasteiger partial charge in [0.2, 0.25) is 0 Å². The molecule has 0 amide bonds. The lowest BCUT2D eigenvalue weighted by Gasteiger charge is -2.15. The van der Waals surface area contributed by atoms with Crippen LogP contribution in [0.15, 0.2) is 255 Å². The number of hydrogen-bond acceptors (Lipinski definition) is 7. The normalized spacial score (nSPS) is 11.6. The van der Waals surface area contributed by atoms with Crippen molar-refractivity contribution in [2.24, 2.45) is 0 Å². The van der Waals surface area contributed by atoms with Crippen LogP contribution in [0.5, 0.6) is 0 Å². The molecule has 0 unspecified atom stereocenters. The second-order valence-electron chi connectivity index (χ2n) is 19.3. The van der Waals surface area contributed by atoms with Crippen LogP contribution in [-0.4, -0.2) is 29.9 Å². The number of nitrogens with zero attached hydrogens (tertiary/aromatic N) is 6. The number of benzene rings is 10. The maximum absolute atomic E-state index is 5.45. The highest BCUT2D eigenvalue weighted by atomic mass is 32.1. The standard InChI is InChI=1S/C70H42N6S/c1-7-19-43(20-8-1)55-41-59(45-23-11-3-12-24-45)71-65-51(55)33-35-53-63(73-69(75-67(53)65)47-27-15-5-16-28-47)49-31-37-61-57(39-49)58-40-50(32-38-62(58)77-61)64-54-36-34-52-56(44-21-9-2-10-22-44)42-60(46-25-13-4-14-26-46)72-66(52)68(54)76-70(74-64)48-29-17-6-18-30-48/h1-42H. The van der Waals surface area contributed by atoms with Crippen molar-refractivity contribution in [3.63, 3.8) is 0 Å². The van der Waals surface area contributed by atoms with Crippen molar-refractivity contribution >= 4 is 75.1 Å². The first-order chi connectivity index (χ1) is 38.1. The minimum atomic E-state index is 0.644. The van der Waals surface area contributed by atoms with Crippen molar-refractivity contribution in [2.45, 2.75) is 0 Å². The number of fused-ring (bicyclic) bond motifs is 9. The molecule has 5 aromatic heterocycles. The zero-order valence-corrected chi connectivity index (χ0v) is 42.2. The van der Waals surface area contributed by atoms with Crippen LogP contribution < -0.4 is 0 Å².